The SMILES string of the molecule is CCC(C)NC(=O)CSCc1nnc(C(=O)Nc2ccc(C)cc2)s1. The molecule has 1 atom stereocenters. The van der Waals surface area contributed by atoms with Crippen molar-refractivity contribution in [2.75, 3.05) is 11.1 Å². The van der Waals surface area contributed by atoms with E-state index in [0.717, 1.165) is 22.7 Å². The van der Waals surface area contributed by atoms with Crippen LogP contribution in [0.4, 0.5) is 5.69 Å². The minimum absolute atomic E-state index is 0.0150. The quantitative estimate of drug-likeness (QED) is 0.737. The summed E-state index contributed by atoms with van der Waals surface area (Å²) in [6.45, 7) is 6.00. The number of thioether (sulfide) groups is 1. The monoisotopic (exact) mass is 378 g/mol. The van der Waals surface area contributed by atoms with Crippen molar-refractivity contribution in [2.24, 2.45) is 0 Å². The molecule has 0 fully saturated rings. The third kappa shape index (κ3) is 6.47. The van der Waals surface area contributed by atoms with Crippen molar-refractivity contribution in [3.8, 4) is 0 Å². The maximum Gasteiger partial charge on any atom is 0.286 e. The maximum absolute atomic E-state index is 12.2. The smallest absolute Gasteiger partial charge is 0.286 e. The van der Waals surface area contributed by atoms with Crippen LogP contribution in [0.1, 0.15) is 40.6 Å². The number of carbonyl (C=O) groups excluding carboxylic acids is 2. The molecule has 0 aliphatic heterocycles. The summed E-state index contributed by atoms with van der Waals surface area (Å²) < 4.78 is 0. The van der Waals surface area contributed by atoms with Gasteiger partial charge in [-0.15, -0.1) is 22.0 Å². The van der Waals surface area contributed by atoms with Gasteiger partial charge in [-0.25, -0.2) is 0 Å². The summed E-state index contributed by atoms with van der Waals surface area (Å²) in [4.78, 5) is 23.9. The number of anilines is 1. The van der Waals surface area contributed by atoms with Gasteiger partial charge in [0.1, 0.15) is 5.01 Å². The zero-order valence-electron chi connectivity index (χ0n) is 14.5. The van der Waals surface area contributed by atoms with Crippen LogP contribution in [-0.4, -0.2) is 33.8 Å². The third-order valence-electron chi connectivity index (χ3n) is 3.45. The molecule has 1 aromatic heterocycles. The summed E-state index contributed by atoms with van der Waals surface area (Å²) in [6, 6.07) is 7.75. The van der Waals surface area contributed by atoms with Gasteiger partial charge in [0.05, 0.1) is 5.75 Å². The maximum atomic E-state index is 12.2. The highest BCUT2D eigenvalue weighted by molar-refractivity contribution is 7.99. The van der Waals surface area contributed by atoms with E-state index in [1.54, 1.807) is 0 Å². The summed E-state index contributed by atoms with van der Waals surface area (Å²) in [5.41, 5.74) is 1.86. The molecule has 1 unspecified atom stereocenters. The van der Waals surface area contributed by atoms with Gasteiger partial charge in [-0.3, -0.25) is 9.59 Å². The number of hydrogen-bond acceptors (Lipinski definition) is 6. The first-order valence-corrected chi connectivity index (χ1v) is 10.0. The van der Waals surface area contributed by atoms with Gasteiger partial charge in [-0.05, 0) is 32.4 Å². The third-order valence-corrected chi connectivity index (χ3v) is 5.50. The lowest BCUT2D eigenvalue weighted by Gasteiger charge is -2.10. The fraction of sp³-hybridized carbons (Fsp3) is 0.412. The number of rotatable bonds is 8. The number of nitrogens with zero attached hydrogens (tertiary/aromatic N) is 2. The van der Waals surface area contributed by atoms with Crippen LogP contribution in [0.15, 0.2) is 24.3 Å². The number of aryl methyl sites for hydroxylation is 1. The molecular formula is C17H22N4O2S2. The van der Waals surface area contributed by atoms with Crippen LogP contribution >= 0.6 is 23.1 Å². The molecule has 2 amide bonds. The summed E-state index contributed by atoms with van der Waals surface area (Å²) in [7, 11) is 0. The van der Waals surface area contributed by atoms with E-state index in [1.165, 1.54) is 23.1 Å². The van der Waals surface area contributed by atoms with Crippen molar-refractivity contribution in [3.63, 3.8) is 0 Å². The Balaban J connectivity index is 1.80. The van der Waals surface area contributed by atoms with E-state index in [4.69, 9.17) is 0 Å². The van der Waals surface area contributed by atoms with E-state index in [9.17, 15) is 9.59 Å². The van der Waals surface area contributed by atoms with Gasteiger partial charge in [0, 0.05) is 17.5 Å². The van der Waals surface area contributed by atoms with Crippen LogP contribution in [0.2, 0.25) is 0 Å². The molecule has 2 rings (SSSR count). The van der Waals surface area contributed by atoms with Gasteiger partial charge in [-0.1, -0.05) is 36.0 Å². The number of nitrogens with one attached hydrogen (secondary N) is 2. The average Bonchev–Trinajstić information content (AvgIpc) is 3.06. The van der Waals surface area contributed by atoms with E-state index in [1.807, 2.05) is 45.0 Å². The van der Waals surface area contributed by atoms with Crippen molar-refractivity contribution in [2.45, 2.75) is 39.0 Å². The van der Waals surface area contributed by atoms with Crippen molar-refractivity contribution in [3.05, 3.63) is 39.8 Å². The van der Waals surface area contributed by atoms with E-state index in [-0.39, 0.29) is 17.9 Å². The van der Waals surface area contributed by atoms with Crippen LogP contribution in [-0.2, 0) is 10.5 Å². The number of aromatic nitrogens is 2. The lowest BCUT2D eigenvalue weighted by molar-refractivity contribution is -0.119. The van der Waals surface area contributed by atoms with Gasteiger partial charge in [0.25, 0.3) is 5.91 Å². The fourth-order valence-electron chi connectivity index (χ4n) is 1.87. The fourth-order valence-corrected chi connectivity index (χ4v) is 3.49. The Morgan fingerprint density at radius 2 is 1.96 bits per heavy atom. The highest BCUT2D eigenvalue weighted by Crippen LogP contribution is 2.18. The Labute approximate surface area is 155 Å². The zero-order chi connectivity index (χ0) is 18.2. The normalized spacial score (nSPS) is 11.8. The van der Waals surface area contributed by atoms with Gasteiger partial charge in [0.15, 0.2) is 0 Å². The van der Waals surface area contributed by atoms with Crippen molar-refractivity contribution in [1.82, 2.24) is 15.5 Å². The second kappa shape index (κ2) is 9.53. The van der Waals surface area contributed by atoms with Gasteiger partial charge in [-0.2, -0.15) is 0 Å². The molecule has 2 aromatic rings. The standard InChI is InChI=1S/C17H22N4O2S2/c1-4-12(3)18-14(22)9-24-10-15-20-21-17(25-15)16(23)19-13-7-5-11(2)6-8-13/h5-8,12H,4,9-10H2,1-3H3,(H,18,22)(H,19,23). The molecule has 134 valence electrons. The first-order chi connectivity index (χ1) is 12.0. The van der Waals surface area contributed by atoms with E-state index in [2.05, 4.69) is 20.8 Å². The van der Waals surface area contributed by atoms with Crippen molar-refractivity contribution < 1.29 is 9.59 Å². The van der Waals surface area contributed by atoms with Gasteiger partial charge < -0.3 is 10.6 Å². The predicted octanol–water partition coefficient (Wildman–Crippen LogP) is 3.25. The van der Waals surface area contributed by atoms with Gasteiger partial charge in [0.2, 0.25) is 10.9 Å². The molecule has 1 aromatic carbocycles. The molecule has 1 heterocycles. The lowest BCUT2D eigenvalue weighted by atomic mass is 10.2. The summed E-state index contributed by atoms with van der Waals surface area (Å²) in [5, 5.41) is 14.7. The van der Waals surface area contributed by atoms with E-state index >= 15 is 0 Å². The number of hydrogen-bond donors (Lipinski definition) is 2. The van der Waals surface area contributed by atoms with Crippen molar-refractivity contribution in [1.29, 1.82) is 0 Å². The molecule has 8 heteroatoms. The Bertz CT molecular complexity index is 716. The summed E-state index contributed by atoms with van der Waals surface area (Å²) in [5.74, 6) is 0.673. The Morgan fingerprint density at radius 1 is 1.24 bits per heavy atom. The molecule has 6 nitrogen and oxygen atoms in total. The Morgan fingerprint density at radius 3 is 2.64 bits per heavy atom. The molecule has 0 aliphatic rings. The van der Waals surface area contributed by atoms with Crippen LogP contribution in [0, 0.1) is 6.92 Å². The number of carbonyl (C=O) groups is 2. The molecule has 0 saturated carbocycles. The van der Waals surface area contributed by atoms with Crippen LogP contribution in [0.5, 0.6) is 0 Å². The average molecular weight is 379 g/mol. The molecule has 2 N–H and O–H groups in total. The zero-order valence-corrected chi connectivity index (χ0v) is 16.2. The van der Waals surface area contributed by atoms with Crippen molar-refractivity contribution >= 4 is 40.6 Å². The largest absolute Gasteiger partial charge is 0.353 e. The minimum Gasteiger partial charge on any atom is -0.353 e. The Kier molecular flexibility index (Phi) is 7.39. The first kappa shape index (κ1) is 19.4. The highest BCUT2D eigenvalue weighted by Gasteiger charge is 2.14. The van der Waals surface area contributed by atoms with Crippen LogP contribution in [0.3, 0.4) is 0 Å². The van der Waals surface area contributed by atoms with Gasteiger partial charge >= 0.3 is 0 Å². The number of benzene rings is 1. The highest BCUT2D eigenvalue weighted by atomic mass is 32.2. The molecule has 25 heavy (non-hydrogen) atoms. The first-order valence-electron chi connectivity index (χ1n) is 8.05. The van der Waals surface area contributed by atoms with E-state index < -0.39 is 0 Å². The second-order valence-corrected chi connectivity index (χ2v) is 7.74. The molecule has 0 bridgehead atoms. The number of amides is 2. The molecule has 0 radical (unpaired) electrons. The Hall–Kier alpha value is -1.93. The second-order valence-electron chi connectivity index (χ2n) is 5.69. The van der Waals surface area contributed by atoms with E-state index in [0.29, 0.717) is 16.5 Å². The van der Waals surface area contributed by atoms with Crippen LogP contribution < -0.4 is 10.6 Å². The summed E-state index contributed by atoms with van der Waals surface area (Å²) in [6.07, 6.45) is 0.909. The summed E-state index contributed by atoms with van der Waals surface area (Å²) >= 11 is 2.71. The topological polar surface area (TPSA) is 84.0 Å². The lowest BCUT2D eigenvalue weighted by Crippen LogP contribution is -2.33. The minimum atomic E-state index is -0.271. The van der Waals surface area contributed by atoms with Crippen LogP contribution in [0.25, 0.3) is 0 Å². The molecular weight excluding hydrogens is 356 g/mol. The molecule has 0 aliphatic carbocycles. The molecule has 0 saturated heterocycles. The molecule has 0 spiro atoms. The predicted molar refractivity (Wildman–Crippen MR) is 103 cm³/mol.